The van der Waals surface area contributed by atoms with Crippen LogP contribution in [-0.2, 0) is 0 Å². The van der Waals surface area contributed by atoms with Gasteiger partial charge in [-0.2, -0.15) is 0 Å². The van der Waals surface area contributed by atoms with Crippen LogP contribution in [0.1, 0.15) is 24.1 Å². The molecule has 2 rings (SSSR count). The standard InChI is InChI=1S/C15H16BrNO/c1-2-18-12-7-5-6-11(10-12)15(17)13-8-3-4-9-14(13)16/h3-10,15H,2,17H2,1H3. The van der Waals surface area contributed by atoms with E-state index in [-0.39, 0.29) is 6.04 Å². The van der Waals surface area contributed by atoms with E-state index in [1.165, 1.54) is 0 Å². The van der Waals surface area contributed by atoms with Crippen molar-refractivity contribution < 1.29 is 4.74 Å². The molecule has 0 aliphatic heterocycles. The smallest absolute Gasteiger partial charge is 0.119 e. The van der Waals surface area contributed by atoms with Crippen molar-refractivity contribution in [3.8, 4) is 5.75 Å². The maximum absolute atomic E-state index is 6.30. The molecule has 0 amide bonds. The molecule has 1 unspecified atom stereocenters. The van der Waals surface area contributed by atoms with Crippen molar-refractivity contribution in [3.05, 3.63) is 64.1 Å². The number of nitrogens with two attached hydrogens (primary N) is 1. The summed E-state index contributed by atoms with van der Waals surface area (Å²) < 4.78 is 6.52. The first kappa shape index (κ1) is 13.1. The molecule has 0 heterocycles. The van der Waals surface area contributed by atoms with Crippen LogP contribution in [0, 0.1) is 0 Å². The average Bonchev–Trinajstić information content (AvgIpc) is 2.39. The lowest BCUT2D eigenvalue weighted by molar-refractivity contribution is 0.340. The Labute approximate surface area is 116 Å². The third kappa shape index (κ3) is 2.92. The molecule has 0 fully saturated rings. The van der Waals surface area contributed by atoms with Crippen LogP contribution in [0.2, 0.25) is 0 Å². The van der Waals surface area contributed by atoms with Gasteiger partial charge >= 0.3 is 0 Å². The Hall–Kier alpha value is -1.32. The Morgan fingerprint density at radius 2 is 1.94 bits per heavy atom. The van der Waals surface area contributed by atoms with Crippen molar-refractivity contribution in [2.75, 3.05) is 6.61 Å². The molecule has 18 heavy (non-hydrogen) atoms. The van der Waals surface area contributed by atoms with Crippen LogP contribution in [0.5, 0.6) is 5.75 Å². The third-order valence-corrected chi connectivity index (χ3v) is 3.49. The largest absolute Gasteiger partial charge is 0.494 e. The molecule has 0 spiro atoms. The maximum Gasteiger partial charge on any atom is 0.119 e. The topological polar surface area (TPSA) is 35.2 Å². The molecular formula is C15H16BrNO. The summed E-state index contributed by atoms with van der Waals surface area (Å²) in [7, 11) is 0. The van der Waals surface area contributed by atoms with E-state index in [1.807, 2.05) is 55.5 Å². The predicted octanol–water partition coefficient (Wildman–Crippen LogP) is 3.90. The number of ether oxygens (including phenoxy) is 1. The van der Waals surface area contributed by atoms with Crippen molar-refractivity contribution in [2.45, 2.75) is 13.0 Å². The van der Waals surface area contributed by atoms with Gasteiger partial charge in [-0.3, -0.25) is 0 Å². The lowest BCUT2D eigenvalue weighted by Gasteiger charge is -2.15. The molecule has 2 aromatic rings. The molecule has 94 valence electrons. The van der Waals surface area contributed by atoms with Gasteiger partial charge in [0.1, 0.15) is 5.75 Å². The lowest BCUT2D eigenvalue weighted by Crippen LogP contribution is -2.12. The minimum absolute atomic E-state index is 0.152. The first-order valence-electron chi connectivity index (χ1n) is 5.95. The lowest BCUT2D eigenvalue weighted by atomic mass is 9.99. The van der Waals surface area contributed by atoms with E-state index >= 15 is 0 Å². The van der Waals surface area contributed by atoms with Crippen LogP contribution in [0.15, 0.2) is 53.0 Å². The first-order valence-corrected chi connectivity index (χ1v) is 6.74. The highest BCUT2D eigenvalue weighted by Crippen LogP contribution is 2.28. The molecule has 0 aliphatic carbocycles. The average molecular weight is 306 g/mol. The minimum Gasteiger partial charge on any atom is -0.494 e. The summed E-state index contributed by atoms with van der Waals surface area (Å²) in [6.45, 7) is 2.63. The van der Waals surface area contributed by atoms with E-state index < -0.39 is 0 Å². The van der Waals surface area contributed by atoms with E-state index in [2.05, 4.69) is 15.9 Å². The van der Waals surface area contributed by atoms with Crippen LogP contribution >= 0.6 is 15.9 Å². The van der Waals surface area contributed by atoms with E-state index in [9.17, 15) is 0 Å². The van der Waals surface area contributed by atoms with Gasteiger partial charge in [-0.25, -0.2) is 0 Å². The molecule has 2 N–H and O–H groups in total. The van der Waals surface area contributed by atoms with Crippen LogP contribution < -0.4 is 10.5 Å². The highest BCUT2D eigenvalue weighted by Gasteiger charge is 2.12. The maximum atomic E-state index is 6.30. The summed E-state index contributed by atoms with van der Waals surface area (Å²) in [5, 5.41) is 0. The predicted molar refractivity (Wildman–Crippen MR) is 77.8 cm³/mol. The Morgan fingerprint density at radius 1 is 1.17 bits per heavy atom. The normalized spacial score (nSPS) is 12.2. The van der Waals surface area contributed by atoms with Crippen LogP contribution in [0.3, 0.4) is 0 Å². The monoisotopic (exact) mass is 305 g/mol. The molecular weight excluding hydrogens is 290 g/mol. The van der Waals surface area contributed by atoms with Crippen molar-refractivity contribution >= 4 is 15.9 Å². The van der Waals surface area contributed by atoms with Crippen LogP contribution in [0.25, 0.3) is 0 Å². The molecule has 2 nitrogen and oxygen atoms in total. The summed E-state index contributed by atoms with van der Waals surface area (Å²) >= 11 is 3.53. The summed E-state index contributed by atoms with van der Waals surface area (Å²) in [5.74, 6) is 0.859. The second-order valence-corrected chi connectivity index (χ2v) is 4.86. The fraction of sp³-hybridized carbons (Fsp3) is 0.200. The number of hydrogen-bond acceptors (Lipinski definition) is 2. The molecule has 0 saturated carbocycles. The highest BCUT2D eigenvalue weighted by atomic mass is 79.9. The van der Waals surface area contributed by atoms with Gasteiger partial charge in [0.2, 0.25) is 0 Å². The van der Waals surface area contributed by atoms with E-state index in [0.717, 1.165) is 21.3 Å². The van der Waals surface area contributed by atoms with Crippen molar-refractivity contribution in [3.63, 3.8) is 0 Å². The summed E-state index contributed by atoms with van der Waals surface area (Å²) in [5.41, 5.74) is 8.42. The zero-order valence-corrected chi connectivity index (χ0v) is 11.9. The number of hydrogen-bond donors (Lipinski definition) is 1. The quantitative estimate of drug-likeness (QED) is 0.930. The molecule has 0 saturated heterocycles. The second kappa shape index (κ2) is 6.03. The van der Waals surface area contributed by atoms with Crippen molar-refractivity contribution in [1.29, 1.82) is 0 Å². The summed E-state index contributed by atoms with van der Waals surface area (Å²) in [4.78, 5) is 0. The summed E-state index contributed by atoms with van der Waals surface area (Å²) in [6, 6.07) is 15.8. The second-order valence-electron chi connectivity index (χ2n) is 4.00. The molecule has 0 bridgehead atoms. The van der Waals surface area contributed by atoms with Crippen molar-refractivity contribution in [2.24, 2.45) is 5.73 Å². The molecule has 1 atom stereocenters. The van der Waals surface area contributed by atoms with Gasteiger partial charge in [-0.1, -0.05) is 46.3 Å². The molecule has 0 aliphatic rings. The fourth-order valence-corrected chi connectivity index (χ4v) is 2.40. The molecule has 3 heteroatoms. The van der Waals surface area contributed by atoms with Gasteiger partial charge in [-0.15, -0.1) is 0 Å². The van der Waals surface area contributed by atoms with Gasteiger partial charge in [-0.05, 0) is 36.2 Å². The highest BCUT2D eigenvalue weighted by molar-refractivity contribution is 9.10. The SMILES string of the molecule is CCOc1cccc(C(N)c2ccccc2Br)c1. The van der Waals surface area contributed by atoms with E-state index in [1.54, 1.807) is 0 Å². The molecule has 0 aromatic heterocycles. The fourth-order valence-electron chi connectivity index (χ4n) is 1.87. The van der Waals surface area contributed by atoms with Gasteiger partial charge in [0.15, 0.2) is 0 Å². The summed E-state index contributed by atoms with van der Waals surface area (Å²) in [6.07, 6.45) is 0. The van der Waals surface area contributed by atoms with E-state index in [0.29, 0.717) is 6.61 Å². The Balaban J connectivity index is 2.31. The molecule has 0 radical (unpaired) electrons. The van der Waals surface area contributed by atoms with Crippen molar-refractivity contribution in [1.82, 2.24) is 0 Å². The van der Waals surface area contributed by atoms with Crippen LogP contribution in [-0.4, -0.2) is 6.61 Å². The Morgan fingerprint density at radius 3 is 2.67 bits per heavy atom. The van der Waals surface area contributed by atoms with Gasteiger partial charge in [0.05, 0.1) is 12.6 Å². The Kier molecular flexibility index (Phi) is 4.39. The number of benzene rings is 2. The number of rotatable bonds is 4. The van der Waals surface area contributed by atoms with Gasteiger partial charge in [0, 0.05) is 4.47 Å². The first-order chi connectivity index (χ1) is 8.72. The number of halogens is 1. The zero-order valence-electron chi connectivity index (χ0n) is 10.3. The van der Waals surface area contributed by atoms with Crippen LogP contribution in [0.4, 0.5) is 0 Å². The minimum atomic E-state index is -0.152. The van der Waals surface area contributed by atoms with Gasteiger partial charge < -0.3 is 10.5 Å². The van der Waals surface area contributed by atoms with Gasteiger partial charge in [0.25, 0.3) is 0 Å². The Bertz CT molecular complexity index is 527. The zero-order chi connectivity index (χ0) is 13.0. The third-order valence-electron chi connectivity index (χ3n) is 2.77. The molecule has 2 aromatic carbocycles. The van der Waals surface area contributed by atoms with E-state index in [4.69, 9.17) is 10.5 Å².